The molecule has 2 heterocycles. The summed E-state index contributed by atoms with van der Waals surface area (Å²) in [6, 6.07) is 1.54. The number of rotatable bonds is 3. The SMILES string of the molecule is Cc1cc(CS(=O)(=O)N2CC(O)C(O)C2)no1. The van der Waals surface area contributed by atoms with E-state index < -0.39 is 22.2 Å². The molecule has 1 aromatic rings. The van der Waals surface area contributed by atoms with Crippen LogP contribution < -0.4 is 0 Å². The molecule has 1 fully saturated rings. The number of aromatic nitrogens is 1. The molecule has 2 unspecified atom stereocenters. The fourth-order valence-electron chi connectivity index (χ4n) is 1.73. The van der Waals surface area contributed by atoms with Gasteiger partial charge in [0.2, 0.25) is 10.0 Å². The van der Waals surface area contributed by atoms with Gasteiger partial charge in [-0.15, -0.1) is 0 Å². The smallest absolute Gasteiger partial charge is 0.220 e. The first-order valence-electron chi connectivity index (χ1n) is 5.14. The Bertz CT molecular complexity index is 487. The van der Waals surface area contributed by atoms with Gasteiger partial charge in [0, 0.05) is 19.2 Å². The van der Waals surface area contributed by atoms with Gasteiger partial charge in [-0.3, -0.25) is 0 Å². The van der Waals surface area contributed by atoms with E-state index in [4.69, 9.17) is 4.52 Å². The monoisotopic (exact) mass is 262 g/mol. The summed E-state index contributed by atoms with van der Waals surface area (Å²) in [4.78, 5) is 0. The van der Waals surface area contributed by atoms with Crippen molar-refractivity contribution in [2.75, 3.05) is 13.1 Å². The first-order chi connectivity index (χ1) is 7.88. The van der Waals surface area contributed by atoms with Crippen LogP contribution in [0.25, 0.3) is 0 Å². The Kier molecular flexibility index (Phi) is 3.21. The molecule has 2 atom stereocenters. The molecule has 1 aliphatic heterocycles. The van der Waals surface area contributed by atoms with Gasteiger partial charge in [-0.25, -0.2) is 8.42 Å². The molecule has 0 aromatic carbocycles. The third-order valence-electron chi connectivity index (χ3n) is 2.63. The minimum absolute atomic E-state index is 0.0830. The third kappa shape index (κ3) is 2.65. The Labute approximate surface area is 98.7 Å². The van der Waals surface area contributed by atoms with Crippen molar-refractivity contribution in [3.63, 3.8) is 0 Å². The van der Waals surface area contributed by atoms with Crippen LogP contribution in [0.5, 0.6) is 0 Å². The van der Waals surface area contributed by atoms with Crippen LogP contribution in [-0.4, -0.2) is 53.4 Å². The number of hydrogen-bond acceptors (Lipinski definition) is 6. The van der Waals surface area contributed by atoms with E-state index in [1.165, 1.54) is 0 Å². The number of nitrogens with zero attached hydrogens (tertiary/aromatic N) is 2. The van der Waals surface area contributed by atoms with E-state index >= 15 is 0 Å². The van der Waals surface area contributed by atoms with Crippen LogP contribution >= 0.6 is 0 Å². The number of aryl methyl sites for hydroxylation is 1. The summed E-state index contributed by atoms with van der Waals surface area (Å²) in [7, 11) is -3.57. The maximum atomic E-state index is 11.9. The van der Waals surface area contributed by atoms with E-state index in [-0.39, 0.29) is 18.8 Å². The molecule has 0 aliphatic carbocycles. The third-order valence-corrected chi connectivity index (χ3v) is 4.37. The minimum Gasteiger partial charge on any atom is -0.389 e. The summed E-state index contributed by atoms with van der Waals surface area (Å²) in [5.41, 5.74) is 0.318. The van der Waals surface area contributed by atoms with Crippen molar-refractivity contribution in [1.29, 1.82) is 0 Å². The lowest BCUT2D eigenvalue weighted by atomic mass is 10.3. The fourth-order valence-corrected chi connectivity index (χ4v) is 3.18. The highest BCUT2D eigenvalue weighted by Gasteiger charge is 2.37. The van der Waals surface area contributed by atoms with Crippen molar-refractivity contribution < 1.29 is 23.2 Å². The first-order valence-corrected chi connectivity index (χ1v) is 6.75. The average Bonchev–Trinajstić information content (AvgIpc) is 2.75. The molecule has 0 bridgehead atoms. The number of aliphatic hydroxyl groups is 2. The van der Waals surface area contributed by atoms with Crippen LogP contribution in [0, 0.1) is 6.92 Å². The summed E-state index contributed by atoms with van der Waals surface area (Å²) in [5, 5.41) is 22.2. The van der Waals surface area contributed by atoms with Gasteiger partial charge >= 0.3 is 0 Å². The predicted molar refractivity (Wildman–Crippen MR) is 57.5 cm³/mol. The standard InChI is InChI=1S/C9H14N2O5S/c1-6-2-7(10-16-6)5-17(14,15)11-3-8(12)9(13)4-11/h2,8-9,12-13H,3-5H2,1H3. The van der Waals surface area contributed by atoms with E-state index in [2.05, 4.69) is 5.16 Å². The molecule has 1 aliphatic rings. The van der Waals surface area contributed by atoms with Gasteiger partial charge in [-0.2, -0.15) is 4.31 Å². The Morgan fingerprint density at radius 3 is 2.53 bits per heavy atom. The van der Waals surface area contributed by atoms with Crippen LogP contribution in [-0.2, 0) is 15.8 Å². The molecule has 2 rings (SSSR count). The van der Waals surface area contributed by atoms with Gasteiger partial charge in [-0.1, -0.05) is 5.16 Å². The normalized spacial score (nSPS) is 26.5. The first kappa shape index (κ1) is 12.5. The summed E-state index contributed by atoms with van der Waals surface area (Å²) in [6.07, 6.45) is -2.05. The number of aliphatic hydroxyl groups excluding tert-OH is 2. The maximum Gasteiger partial charge on any atom is 0.220 e. The molecule has 1 aromatic heterocycles. The molecule has 0 saturated carbocycles. The van der Waals surface area contributed by atoms with Gasteiger partial charge in [0.05, 0.1) is 12.2 Å². The van der Waals surface area contributed by atoms with Crippen LogP contribution in [0.2, 0.25) is 0 Å². The molecule has 8 heteroatoms. The Hall–Kier alpha value is -0.960. The molecule has 2 N–H and O–H groups in total. The summed E-state index contributed by atoms with van der Waals surface area (Å²) in [5.74, 6) is 0.251. The molecule has 0 radical (unpaired) electrons. The minimum atomic E-state index is -3.57. The lowest BCUT2D eigenvalue weighted by Gasteiger charge is -2.13. The van der Waals surface area contributed by atoms with Crippen molar-refractivity contribution in [3.8, 4) is 0 Å². The van der Waals surface area contributed by atoms with Gasteiger partial charge < -0.3 is 14.7 Å². The number of sulfonamides is 1. The van der Waals surface area contributed by atoms with Crippen LogP contribution in [0.15, 0.2) is 10.6 Å². The van der Waals surface area contributed by atoms with Gasteiger partial charge in [-0.05, 0) is 6.92 Å². The Morgan fingerprint density at radius 1 is 1.47 bits per heavy atom. The van der Waals surface area contributed by atoms with E-state index in [1.807, 2.05) is 0 Å². The predicted octanol–water partition coefficient (Wildman–Crippen LogP) is -1.15. The zero-order valence-corrected chi connectivity index (χ0v) is 10.1. The lowest BCUT2D eigenvalue weighted by molar-refractivity contribution is 0.0572. The van der Waals surface area contributed by atoms with Crippen LogP contribution in [0.4, 0.5) is 0 Å². The molecule has 7 nitrogen and oxygen atoms in total. The van der Waals surface area contributed by atoms with E-state index in [0.29, 0.717) is 11.5 Å². The zero-order valence-electron chi connectivity index (χ0n) is 9.28. The van der Waals surface area contributed by atoms with E-state index in [0.717, 1.165) is 4.31 Å². The average molecular weight is 262 g/mol. The maximum absolute atomic E-state index is 11.9. The Balaban J connectivity index is 2.10. The molecule has 0 amide bonds. The summed E-state index contributed by atoms with van der Waals surface area (Å²) < 4.78 is 29.7. The largest absolute Gasteiger partial charge is 0.389 e. The second-order valence-electron chi connectivity index (χ2n) is 4.14. The molecule has 17 heavy (non-hydrogen) atoms. The highest BCUT2D eigenvalue weighted by molar-refractivity contribution is 7.88. The molecule has 1 saturated heterocycles. The highest BCUT2D eigenvalue weighted by Crippen LogP contribution is 2.18. The zero-order chi connectivity index (χ0) is 12.6. The summed E-state index contributed by atoms with van der Waals surface area (Å²) in [6.45, 7) is 1.51. The van der Waals surface area contributed by atoms with Crippen molar-refractivity contribution in [2.24, 2.45) is 0 Å². The number of hydrogen-bond donors (Lipinski definition) is 2. The van der Waals surface area contributed by atoms with Gasteiger partial charge in [0.1, 0.15) is 17.2 Å². The van der Waals surface area contributed by atoms with Crippen LogP contribution in [0.1, 0.15) is 11.5 Å². The van der Waals surface area contributed by atoms with E-state index in [1.54, 1.807) is 13.0 Å². The number of β-amino-alcohol motifs (C(OH)–C–C–N with tert-alkyl or cyclic N) is 2. The van der Waals surface area contributed by atoms with Crippen molar-refractivity contribution >= 4 is 10.0 Å². The fraction of sp³-hybridized carbons (Fsp3) is 0.667. The van der Waals surface area contributed by atoms with Gasteiger partial charge in [0.15, 0.2) is 0 Å². The van der Waals surface area contributed by atoms with Crippen molar-refractivity contribution in [1.82, 2.24) is 9.46 Å². The molecular weight excluding hydrogens is 248 g/mol. The molecule has 0 spiro atoms. The Morgan fingerprint density at radius 2 is 2.06 bits per heavy atom. The van der Waals surface area contributed by atoms with E-state index in [9.17, 15) is 18.6 Å². The second-order valence-corrected chi connectivity index (χ2v) is 6.11. The van der Waals surface area contributed by atoms with Crippen LogP contribution in [0.3, 0.4) is 0 Å². The van der Waals surface area contributed by atoms with Crippen molar-refractivity contribution in [3.05, 3.63) is 17.5 Å². The summed E-state index contributed by atoms with van der Waals surface area (Å²) >= 11 is 0. The quantitative estimate of drug-likeness (QED) is 0.713. The topological polar surface area (TPSA) is 104 Å². The van der Waals surface area contributed by atoms with Gasteiger partial charge in [0.25, 0.3) is 0 Å². The van der Waals surface area contributed by atoms with Crippen molar-refractivity contribution in [2.45, 2.75) is 24.9 Å². The highest BCUT2D eigenvalue weighted by atomic mass is 32.2. The molecule has 96 valence electrons. The molecular formula is C9H14N2O5S. The second kappa shape index (κ2) is 4.37. The lowest BCUT2D eigenvalue weighted by Crippen LogP contribution is -2.31.